The third kappa shape index (κ3) is 4.10. The van der Waals surface area contributed by atoms with Gasteiger partial charge in [-0.25, -0.2) is 0 Å². The number of aliphatic hydroxyl groups excluding tert-OH is 1. The van der Waals surface area contributed by atoms with E-state index in [2.05, 4.69) is 10.4 Å². The smallest absolute Gasteiger partial charge is 0.246 e. The van der Waals surface area contributed by atoms with Crippen LogP contribution in [0.2, 0.25) is 0 Å². The van der Waals surface area contributed by atoms with Crippen molar-refractivity contribution in [2.75, 3.05) is 17.7 Å². The number of nitrogens with one attached hydrogen (secondary N) is 1. The summed E-state index contributed by atoms with van der Waals surface area (Å²) in [5.74, 6) is 0.233. The topological polar surface area (TPSA) is 93.2 Å². The van der Waals surface area contributed by atoms with Crippen LogP contribution < -0.4 is 11.1 Å². The number of aromatic nitrogens is 2. The van der Waals surface area contributed by atoms with E-state index in [-0.39, 0.29) is 19.1 Å². The lowest BCUT2D eigenvalue weighted by Gasteiger charge is -2.07. The maximum absolute atomic E-state index is 11.9. The van der Waals surface area contributed by atoms with Crippen LogP contribution >= 0.6 is 0 Å². The summed E-state index contributed by atoms with van der Waals surface area (Å²) in [6.45, 7) is 0.287. The van der Waals surface area contributed by atoms with Gasteiger partial charge >= 0.3 is 0 Å². The van der Waals surface area contributed by atoms with Gasteiger partial charge in [0.25, 0.3) is 0 Å². The molecule has 0 saturated carbocycles. The van der Waals surface area contributed by atoms with Crippen LogP contribution in [0, 0.1) is 0 Å². The average molecular weight is 274 g/mol. The van der Waals surface area contributed by atoms with Gasteiger partial charge in [0, 0.05) is 18.5 Å². The molecular weight excluding hydrogens is 256 g/mol. The van der Waals surface area contributed by atoms with Crippen molar-refractivity contribution in [3.8, 4) is 0 Å². The van der Waals surface area contributed by atoms with E-state index >= 15 is 0 Å². The van der Waals surface area contributed by atoms with Gasteiger partial charge in [-0.2, -0.15) is 5.10 Å². The first-order valence-electron chi connectivity index (χ1n) is 6.46. The Balaban J connectivity index is 1.93. The summed E-state index contributed by atoms with van der Waals surface area (Å²) >= 11 is 0. The molecule has 0 saturated heterocycles. The normalized spacial score (nSPS) is 10.4. The summed E-state index contributed by atoms with van der Waals surface area (Å²) in [4.78, 5) is 11.9. The maximum atomic E-state index is 11.9. The van der Waals surface area contributed by atoms with Crippen molar-refractivity contribution < 1.29 is 9.90 Å². The maximum Gasteiger partial charge on any atom is 0.246 e. The summed E-state index contributed by atoms with van der Waals surface area (Å²) in [5.41, 5.74) is 7.31. The minimum Gasteiger partial charge on any atom is -0.396 e. The van der Waals surface area contributed by atoms with E-state index in [1.165, 1.54) is 4.68 Å². The van der Waals surface area contributed by atoms with E-state index in [9.17, 15) is 4.79 Å². The van der Waals surface area contributed by atoms with Gasteiger partial charge in [-0.3, -0.25) is 9.48 Å². The molecular formula is C14H18N4O2. The van der Waals surface area contributed by atoms with E-state index in [4.69, 9.17) is 10.8 Å². The first-order valence-corrected chi connectivity index (χ1v) is 6.46. The summed E-state index contributed by atoms with van der Waals surface area (Å²) < 4.78 is 1.49. The van der Waals surface area contributed by atoms with E-state index < -0.39 is 0 Å². The lowest BCUT2D eigenvalue weighted by molar-refractivity contribution is -0.116. The molecule has 106 valence electrons. The Bertz CT molecular complexity index is 580. The standard InChI is InChI=1S/C14H18N4O2/c15-13-6-7-18(17-13)10-14(20)16-12-5-1-3-11(9-12)4-2-8-19/h1,3,5-7,9,19H,2,4,8,10H2,(H2,15,17)(H,16,20). The first kappa shape index (κ1) is 14.1. The Morgan fingerprint density at radius 2 is 2.25 bits per heavy atom. The molecule has 0 aliphatic heterocycles. The van der Waals surface area contributed by atoms with Crippen LogP contribution in [0.1, 0.15) is 12.0 Å². The fraction of sp³-hybridized carbons (Fsp3) is 0.286. The van der Waals surface area contributed by atoms with Gasteiger partial charge in [0.15, 0.2) is 0 Å². The van der Waals surface area contributed by atoms with E-state index in [1.54, 1.807) is 12.3 Å². The van der Waals surface area contributed by atoms with Crippen LogP contribution in [-0.2, 0) is 17.8 Å². The highest BCUT2D eigenvalue weighted by Crippen LogP contribution is 2.12. The van der Waals surface area contributed by atoms with Gasteiger partial charge in [-0.05, 0) is 36.6 Å². The zero-order valence-electron chi connectivity index (χ0n) is 11.1. The molecule has 1 heterocycles. The number of carbonyl (C=O) groups is 1. The monoisotopic (exact) mass is 274 g/mol. The number of aliphatic hydroxyl groups is 1. The first-order chi connectivity index (χ1) is 9.67. The molecule has 2 rings (SSSR count). The number of nitrogens with zero attached hydrogens (tertiary/aromatic N) is 2. The predicted octanol–water partition coefficient (Wildman–Crippen LogP) is 1.03. The summed E-state index contributed by atoms with van der Waals surface area (Å²) in [6, 6.07) is 9.24. The van der Waals surface area contributed by atoms with Gasteiger partial charge < -0.3 is 16.2 Å². The van der Waals surface area contributed by atoms with Crippen LogP contribution in [0.3, 0.4) is 0 Å². The Morgan fingerprint density at radius 1 is 1.40 bits per heavy atom. The van der Waals surface area contributed by atoms with Gasteiger partial charge in [0.05, 0.1) is 0 Å². The van der Waals surface area contributed by atoms with Crippen molar-refractivity contribution in [2.24, 2.45) is 0 Å². The second-order valence-corrected chi connectivity index (χ2v) is 4.51. The van der Waals surface area contributed by atoms with E-state index in [0.717, 1.165) is 17.7 Å². The zero-order valence-corrected chi connectivity index (χ0v) is 11.1. The molecule has 0 radical (unpaired) electrons. The zero-order chi connectivity index (χ0) is 14.4. The number of aryl methyl sites for hydroxylation is 1. The summed E-state index contributed by atoms with van der Waals surface area (Å²) in [6.07, 6.45) is 3.16. The number of hydrogen-bond acceptors (Lipinski definition) is 4. The molecule has 2 aromatic rings. The molecule has 20 heavy (non-hydrogen) atoms. The number of hydrogen-bond donors (Lipinski definition) is 3. The number of amides is 1. The highest BCUT2D eigenvalue weighted by Gasteiger charge is 2.05. The highest BCUT2D eigenvalue weighted by atomic mass is 16.2. The summed E-state index contributed by atoms with van der Waals surface area (Å²) in [7, 11) is 0. The number of rotatable bonds is 6. The molecule has 0 aliphatic carbocycles. The number of nitrogen functional groups attached to an aromatic ring is 1. The Morgan fingerprint density at radius 3 is 2.95 bits per heavy atom. The molecule has 0 unspecified atom stereocenters. The van der Waals surface area contributed by atoms with Crippen molar-refractivity contribution in [3.63, 3.8) is 0 Å². The van der Waals surface area contributed by atoms with Crippen molar-refractivity contribution in [3.05, 3.63) is 42.1 Å². The predicted molar refractivity (Wildman–Crippen MR) is 77.1 cm³/mol. The van der Waals surface area contributed by atoms with E-state index in [0.29, 0.717) is 12.2 Å². The number of anilines is 2. The molecule has 0 spiro atoms. The Labute approximate surface area is 117 Å². The molecule has 4 N–H and O–H groups in total. The highest BCUT2D eigenvalue weighted by molar-refractivity contribution is 5.90. The van der Waals surface area contributed by atoms with E-state index in [1.807, 2.05) is 24.3 Å². The van der Waals surface area contributed by atoms with Gasteiger partial charge in [0.2, 0.25) is 5.91 Å². The van der Waals surface area contributed by atoms with Crippen molar-refractivity contribution in [1.29, 1.82) is 0 Å². The second-order valence-electron chi connectivity index (χ2n) is 4.51. The molecule has 0 bridgehead atoms. The molecule has 1 amide bonds. The molecule has 1 aromatic heterocycles. The minimum absolute atomic E-state index is 0.123. The number of carbonyl (C=O) groups excluding carboxylic acids is 1. The van der Waals surface area contributed by atoms with Gasteiger partial charge in [-0.1, -0.05) is 12.1 Å². The molecule has 6 nitrogen and oxygen atoms in total. The van der Waals surface area contributed by atoms with Crippen LogP contribution in [0.25, 0.3) is 0 Å². The third-order valence-electron chi connectivity index (χ3n) is 2.80. The third-order valence-corrected chi connectivity index (χ3v) is 2.80. The fourth-order valence-electron chi connectivity index (χ4n) is 1.90. The lowest BCUT2D eigenvalue weighted by atomic mass is 10.1. The molecule has 0 aliphatic rings. The Hall–Kier alpha value is -2.34. The Kier molecular flexibility index (Phi) is 4.73. The molecule has 0 fully saturated rings. The van der Waals surface area contributed by atoms with Crippen LogP contribution in [0.5, 0.6) is 0 Å². The molecule has 6 heteroatoms. The largest absolute Gasteiger partial charge is 0.396 e. The van der Waals surface area contributed by atoms with Crippen molar-refractivity contribution in [2.45, 2.75) is 19.4 Å². The number of nitrogens with two attached hydrogens (primary N) is 1. The minimum atomic E-state index is -0.160. The second kappa shape index (κ2) is 6.72. The number of benzene rings is 1. The molecule has 1 aromatic carbocycles. The van der Waals surface area contributed by atoms with Crippen molar-refractivity contribution in [1.82, 2.24) is 9.78 Å². The lowest BCUT2D eigenvalue weighted by Crippen LogP contribution is -2.19. The van der Waals surface area contributed by atoms with Crippen LogP contribution in [0.4, 0.5) is 11.5 Å². The SMILES string of the molecule is Nc1ccn(CC(=O)Nc2cccc(CCCO)c2)n1. The average Bonchev–Trinajstić information content (AvgIpc) is 2.82. The van der Waals surface area contributed by atoms with Gasteiger partial charge in [0.1, 0.15) is 12.4 Å². The van der Waals surface area contributed by atoms with Crippen molar-refractivity contribution >= 4 is 17.4 Å². The molecule has 0 atom stereocenters. The fourth-order valence-corrected chi connectivity index (χ4v) is 1.90. The van der Waals surface area contributed by atoms with Gasteiger partial charge in [-0.15, -0.1) is 0 Å². The van der Waals surface area contributed by atoms with Crippen LogP contribution in [-0.4, -0.2) is 27.4 Å². The van der Waals surface area contributed by atoms with Crippen LogP contribution in [0.15, 0.2) is 36.5 Å². The summed E-state index contributed by atoms with van der Waals surface area (Å²) in [5, 5.41) is 15.6. The quantitative estimate of drug-likeness (QED) is 0.733.